The second-order valence-corrected chi connectivity index (χ2v) is 4.03. The maximum Gasteiger partial charge on any atom is 0.125 e. The SMILES string of the molecule is Fc1cccc(N2N=NCC2c2ccncc2)c1. The molecule has 0 bridgehead atoms. The van der Waals surface area contributed by atoms with E-state index in [1.165, 1.54) is 12.1 Å². The van der Waals surface area contributed by atoms with Crippen molar-refractivity contribution in [1.82, 2.24) is 4.98 Å². The van der Waals surface area contributed by atoms with Crippen LogP contribution < -0.4 is 5.01 Å². The van der Waals surface area contributed by atoms with Crippen LogP contribution >= 0.6 is 0 Å². The molecule has 1 aliphatic rings. The number of benzene rings is 1. The summed E-state index contributed by atoms with van der Waals surface area (Å²) >= 11 is 0. The van der Waals surface area contributed by atoms with Crippen LogP contribution in [0.5, 0.6) is 0 Å². The van der Waals surface area contributed by atoms with Crippen molar-refractivity contribution in [3.8, 4) is 0 Å². The molecular formula is C13H11FN4. The average molecular weight is 242 g/mol. The molecule has 1 aromatic carbocycles. The van der Waals surface area contributed by atoms with Gasteiger partial charge in [-0.25, -0.2) is 9.40 Å². The molecular weight excluding hydrogens is 231 g/mol. The summed E-state index contributed by atoms with van der Waals surface area (Å²) in [5.74, 6) is -0.275. The number of halogens is 1. The first kappa shape index (κ1) is 10.8. The Balaban J connectivity index is 1.94. The van der Waals surface area contributed by atoms with E-state index in [2.05, 4.69) is 15.3 Å². The molecule has 4 nitrogen and oxygen atoms in total. The van der Waals surface area contributed by atoms with Gasteiger partial charge in [-0.3, -0.25) is 4.98 Å². The zero-order chi connectivity index (χ0) is 12.4. The third kappa shape index (κ3) is 1.95. The summed E-state index contributed by atoms with van der Waals surface area (Å²) in [7, 11) is 0. The minimum Gasteiger partial charge on any atom is -0.265 e. The highest BCUT2D eigenvalue weighted by Crippen LogP contribution is 2.31. The van der Waals surface area contributed by atoms with Gasteiger partial charge in [-0.15, -0.1) is 0 Å². The van der Waals surface area contributed by atoms with Gasteiger partial charge in [0.1, 0.15) is 11.9 Å². The van der Waals surface area contributed by atoms with Crippen LogP contribution in [0.25, 0.3) is 0 Å². The monoisotopic (exact) mass is 242 g/mol. The third-order valence-corrected chi connectivity index (χ3v) is 2.87. The Labute approximate surface area is 104 Å². The lowest BCUT2D eigenvalue weighted by Crippen LogP contribution is -2.20. The van der Waals surface area contributed by atoms with E-state index in [4.69, 9.17) is 0 Å². The average Bonchev–Trinajstić information content (AvgIpc) is 2.89. The molecule has 0 N–H and O–H groups in total. The first-order chi connectivity index (χ1) is 8.84. The van der Waals surface area contributed by atoms with Crippen molar-refractivity contribution in [3.63, 3.8) is 0 Å². The Morgan fingerprint density at radius 3 is 2.78 bits per heavy atom. The topological polar surface area (TPSA) is 40.9 Å². The molecule has 0 aliphatic carbocycles. The zero-order valence-electron chi connectivity index (χ0n) is 9.57. The van der Waals surface area contributed by atoms with Crippen LogP contribution in [-0.4, -0.2) is 11.5 Å². The Morgan fingerprint density at radius 2 is 2.00 bits per heavy atom. The van der Waals surface area contributed by atoms with Gasteiger partial charge >= 0.3 is 0 Å². The molecule has 0 saturated heterocycles. The fourth-order valence-electron chi connectivity index (χ4n) is 2.00. The van der Waals surface area contributed by atoms with Gasteiger partial charge in [0.2, 0.25) is 0 Å². The van der Waals surface area contributed by atoms with E-state index in [1.54, 1.807) is 23.5 Å². The van der Waals surface area contributed by atoms with Crippen LogP contribution in [-0.2, 0) is 0 Å². The Morgan fingerprint density at radius 1 is 1.17 bits per heavy atom. The van der Waals surface area contributed by atoms with Gasteiger partial charge < -0.3 is 0 Å². The van der Waals surface area contributed by atoms with Crippen molar-refractivity contribution < 1.29 is 4.39 Å². The Hall–Kier alpha value is -2.30. The molecule has 0 saturated carbocycles. The summed E-state index contributed by atoms with van der Waals surface area (Å²) in [6, 6.07) is 10.2. The number of hydrogen-bond donors (Lipinski definition) is 0. The number of hydrogen-bond acceptors (Lipinski definition) is 4. The number of rotatable bonds is 2. The lowest BCUT2D eigenvalue weighted by Gasteiger charge is -2.21. The summed E-state index contributed by atoms with van der Waals surface area (Å²) in [6.07, 6.45) is 3.47. The molecule has 1 aliphatic heterocycles. The van der Waals surface area contributed by atoms with Crippen LogP contribution in [0.15, 0.2) is 59.1 Å². The van der Waals surface area contributed by atoms with Crippen LogP contribution in [0.2, 0.25) is 0 Å². The zero-order valence-corrected chi connectivity index (χ0v) is 9.57. The van der Waals surface area contributed by atoms with Crippen molar-refractivity contribution in [2.24, 2.45) is 10.3 Å². The number of aromatic nitrogens is 1. The lowest BCUT2D eigenvalue weighted by molar-refractivity contribution is 0.625. The first-order valence-electron chi connectivity index (χ1n) is 5.67. The maximum absolute atomic E-state index is 13.2. The number of pyridine rings is 1. The predicted molar refractivity (Wildman–Crippen MR) is 65.6 cm³/mol. The molecule has 2 heterocycles. The van der Waals surface area contributed by atoms with E-state index in [0.29, 0.717) is 12.2 Å². The number of nitrogens with zero attached hydrogens (tertiary/aromatic N) is 4. The van der Waals surface area contributed by atoms with Crippen LogP contribution in [0.3, 0.4) is 0 Å². The standard InChI is InChI=1S/C13H11FN4/c14-11-2-1-3-12(8-11)18-13(9-16-17-18)10-4-6-15-7-5-10/h1-8,13H,9H2. The molecule has 2 aromatic rings. The first-order valence-corrected chi connectivity index (χ1v) is 5.67. The van der Waals surface area contributed by atoms with E-state index in [1.807, 2.05) is 18.2 Å². The second kappa shape index (κ2) is 4.52. The lowest BCUT2D eigenvalue weighted by atomic mass is 10.1. The van der Waals surface area contributed by atoms with E-state index in [0.717, 1.165) is 5.56 Å². The summed E-state index contributed by atoms with van der Waals surface area (Å²) < 4.78 is 13.2. The van der Waals surface area contributed by atoms with Crippen molar-refractivity contribution in [2.75, 3.05) is 11.6 Å². The smallest absolute Gasteiger partial charge is 0.125 e. The summed E-state index contributed by atoms with van der Waals surface area (Å²) in [5.41, 5.74) is 1.78. The molecule has 5 heteroatoms. The fourth-order valence-corrected chi connectivity index (χ4v) is 2.00. The third-order valence-electron chi connectivity index (χ3n) is 2.87. The van der Waals surface area contributed by atoms with Gasteiger partial charge in [0.25, 0.3) is 0 Å². The van der Waals surface area contributed by atoms with Crippen LogP contribution in [0.4, 0.5) is 10.1 Å². The second-order valence-electron chi connectivity index (χ2n) is 4.03. The minimum absolute atomic E-state index is 0.00907. The van der Waals surface area contributed by atoms with Crippen molar-refractivity contribution in [1.29, 1.82) is 0 Å². The molecule has 0 fully saturated rings. The molecule has 0 radical (unpaired) electrons. The van der Waals surface area contributed by atoms with Crippen molar-refractivity contribution in [3.05, 3.63) is 60.2 Å². The molecule has 3 rings (SSSR count). The highest BCUT2D eigenvalue weighted by atomic mass is 19.1. The summed E-state index contributed by atoms with van der Waals surface area (Å²) in [5, 5.41) is 9.85. The number of anilines is 1. The van der Waals surface area contributed by atoms with E-state index >= 15 is 0 Å². The van der Waals surface area contributed by atoms with Crippen molar-refractivity contribution >= 4 is 5.69 Å². The normalized spacial score (nSPS) is 18.3. The minimum atomic E-state index is -0.275. The highest BCUT2D eigenvalue weighted by molar-refractivity contribution is 5.48. The van der Waals surface area contributed by atoms with E-state index in [-0.39, 0.29) is 11.9 Å². The van der Waals surface area contributed by atoms with Gasteiger partial charge in [0.05, 0.1) is 12.2 Å². The largest absolute Gasteiger partial charge is 0.265 e. The molecule has 1 aromatic heterocycles. The summed E-state index contributed by atoms with van der Waals surface area (Å²) in [4.78, 5) is 3.99. The molecule has 1 unspecified atom stereocenters. The van der Waals surface area contributed by atoms with Gasteiger partial charge in [0.15, 0.2) is 0 Å². The predicted octanol–water partition coefficient (Wildman–Crippen LogP) is 3.15. The Kier molecular flexibility index (Phi) is 2.72. The molecule has 0 spiro atoms. The summed E-state index contributed by atoms with van der Waals surface area (Å²) in [6.45, 7) is 0.570. The van der Waals surface area contributed by atoms with Crippen LogP contribution in [0.1, 0.15) is 11.6 Å². The van der Waals surface area contributed by atoms with Gasteiger partial charge in [-0.1, -0.05) is 11.3 Å². The Bertz CT molecular complexity index is 570. The van der Waals surface area contributed by atoms with Crippen molar-refractivity contribution in [2.45, 2.75) is 6.04 Å². The van der Waals surface area contributed by atoms with Crippen LogP contribution in [0, 0.1) is 5.82 Å². The van der Waals surface area contributed by atoms with E-state index in [9.17, 15) is 4.39 Å². The van der Waals surface area contributed by atoms with Gasteiger partial charge in [0, 0.05) is 12.4 Å². The molecule has 90 valence electrons. The highest BCUT2D eigenvalue weighted by Gasteiger charge is 2.25. The molecule has 0 amide bonds. The van der Waals surface area contributed by atoms with Gasteiger partial charge in [-0.05, 0) is 35.9 Å². The maximum atomic E-state index is 13.2. The van der Waals surface area contributed by atoms with Gasteiger partial charge in [-0.2, -0.15) is 5.11 Å². The quantitative estimate of drug-likeness (QED) is 0.811. The molecule has 18 heavy (non-hydrogen) atoms. The fraction of sp³-hybridized carbons (Fsp3) is 0.154. The molecule has 1 atom stereocenters. The van der Waals surface area contributed by atoms with E-state index < -0.39 is 0 Å².